The number of hydrogen-bond acceptors (Lipinski definition) is 5. The number of nitro groups is 1. The Bertz CT molecular complexity index is 929. The molecule has 138 valence electrons. The first-order chi connectivity index (χ1) is 12.3. The third kappa shape index (κ3) is 3.85. The molecule has 1 saturated heterocycles. The highest BCUT2D eigenvalue weighted by Gasteiger charge is 2.30. The number of hydrogen-bond donors (Lipinski definition) is 0. The largest absolute Gasteiger partial charge is 0.363 e. The number of halogens is 2. The minimum atomic E-state index is -3.59. The Morgan fingerprint density at radius 1 is 1.04 bits per heavy atom. The second-order valence-electron chi connectivity index (χ2n) is 5.74. The highest BCUT2D eigenvalue weighted by molar-refractivity contribution is 9.10. The molecule has 0 saturated carbocycles. The zero-order valence-electron chi connectivity index (χ0n) is 13.5. The summed E-state index contributed by atoms with van der Waals surface area (Å²) in [5, 5.41) is 11.6. The van der Waals surface area contributed by atoms with Gasteiger partial charge in [-0.15, -0.1) is 0 Å². The van der Waals surface area contributed by atoms with E-state index in [1.807, 2.05) is 4.90 Å². The van der Waals surface area contributed by atoms with Gasteiger partial charge in [-0.1, -0.05) is 27.5 Å². The number of nitro benzene ring substituents is 1. The van der Waals surface area contributed by atoms with Crippen molar-refractivity contribution in [1.29, 1.82) is 0 Å². The summed E-state index contributed by atoms with van der Waals surface area (Å²) < 4.78 is 27.7. The lowest BCUT2D eigenvalue weighted by Crippen LogP contribution is -2.48. The minimum Gasteiger partial charge on any atom is -0.363 e. The van der Waals surface area contributed by atoms with E-state index < -0.39 is 14.9 Å². The zero-order valence-corrected chi connectivity index (χ0v) is 16.7. The molecule has 0 aliphatic carbocycles. The third-order valence-corrected chi connectivity index (χ3v) is 6.84. The van der Waals surface area contributed by atoms with Crippen molar-refractivity contribution in [2.24, 2.45) is 0 Å². The highest BCUT2D eigenvalue weighted by atomic mass is 79.9. The molecule has 0 bridgehead atoms. The monoisotopic (exact) mass is 459 g/mol. The smallest absolute Gasteiger partial charge is 0.294 e. The van der Waals surface area contributed by atoms with E-state index in [0.29, 0.717) is 18.8 Å². The van der Waals surface area contributed by atoms with E-state index in [1.165, 1.54) is 10.4 Å². The summed E-state index contributed by atoms with van der Waals surface area (Å²) in [6.07, 6.45) is 0. The first-order valence-electron chi connectivity index (χ1n) is 7.73. The van der Waals surface area contributed by atoms with Crippen LogP contribution >= 0.6 is 27.5 Å². The summed E-state index contributed by atoms with van der Waals surface area (Å²) in [7, 11) is -3.59. The quantitative estimate of drug-likeness (QED) is 0.515. The molecule has 0 amide bonds. The van der Waals surface area contributed by atoms with E-state index in [0.717, 1.165) is 4.47 Å². The molecule has 1 aliphatic rings. The standard InChI is InChI=1S/C16H15BrClN3O4S/c17-12-1-4-14(5-2-12)26(24,25)20-9-7-19(8-10-20)15-6-3-13(18)11-16(15)21(22)23/h1-6,11H,7-10H2. The molecule has 2 aromatic carbocycles. The molecule has 1 aliphatic heterocycles. The van der Waals surface area contributed by atoms with Crippen molar-refractivity contribution >= 4 is 48.9 Å². The summed E-state index contributed by atoms with van der Waals surface area (Å²) >= 11 is 9.13. The number of nitrogens with zero attached hydrogens (tertiary/aromatic N) is 3. The topological polar surface area (TPSA) is 83.8 Å². The summed E-state index contributed by atoms with van der Waals surface area (Å²) in [4.78, 5) is 12.8. The number of sulfonamides is 1. The molecule has 0 spiro atoms. The lowest BCUT2D eigenvalue weighted by atomic mass is 10.2. The normalized spacial score (nSPS) is 15.8. The molecular weight excluding hydrogens is 446 g/mol. The highest BCUT2D eigenvalue weighted by Crippen LogP contribution is 2.32. The van der Waals surface area contributed by atoms with E-state index in [9.17, 15) is 18.5 Å². The Kier molecular flexibility index (Phi) is 5.52. The Hall–Kier alpha value is -1.68. The van der Waals surface area contributed by atoms with Crippen LogP contribution in [0.1, 0.15) is 0 Å². The molecule has 1 fully saturated rings. The molecule has 1 heterocycles. The van der Waals surface area contributed by atoms with Gasteiger partial charge >= 0.3 is 0 Å². The van der Waals surface area contributed by atoms with Gasteiger partial charge < -0.3 is 4.90 Å². The Morgan fingerprint density at radius 2 is 1.65 bits per heavy atom. The lowest BCUT2D eigenvalue weighted by Gasteiger charge is -2.35. The number of benzene rings is 2. The van der Waals surface area contributed by atoms with Crippen LogP contribution in [-0.4, -0.2) is 43.8 Å². The van der Waals surface area contributed by atoms with Crippen LogP contribution in [0.5, 0.6) is 0 Å². The van der Waals surface area contributed by atoms with Gasteiger partial charge in [0.2, 0.25) is 10.0 Å². The molecular formula is C16H15BrClN3O4S. The van der Waals surface area contributed by atoms with E-state index in [2.05, 4.69) is 15.9 Å². The summed E-state index contributed by atoms with van der Waals surface area (Å²) in [6, 6.07) is 11.0. The molecule has 3 rings (SSSR count). The first kappa shape index (κ1) is 19.1. The van der Waals surface area contributed by atoms with Crippen molar-refractivity contribution in [1.82, 2.24) is 4.31 Å². The SMILES string of the molecule is O=[N+]([O-])c1cc(Cl)ccc1N1CCN(S(=O)(=O)c2ccc(Br)cc2)CC1. The van der Waals surface area contributed by atoms with Gasteiger partial charge in [-0.05, 0) is 36.4 Å². The van der Waals surface area contributed by atoms with Crippen LogP contribution in [0.2, 0.25) is 5.02 Å². The predicted molar refractivity (Wildman–Crippen MR) is 103 cm³/mol. The van der Waals surface area contributed by atoms with Crippen LogP contribution in [-0.2, 0) is 10.0 Å². The minimum absolute atomic E-state index is 0.0817. The number of rotatable bonds is 4. The van der Waals surface area contributed by atoms with Gasteiger partial charge in [-0.3, -0.25) is 10.1 Å². The maximum absolute atomic E-state index is 12.7. The maximum atomic E-state index is 12.7. The van der Waals surface area contributed by atoms with Gasteiger partial charge in [0, 0.05) is 41.7 Å². The Balaban J connectivity index is 1.77. The van der Waals surface area contributed by atoms with Gasteiger partial charge in [-0.25, -0.2) is 8.42 Å². The Labute approximate surface area is 164 Å². The molecule has 0 N–H and O–H groups in total. The van der Waals surface area contributed by atoms with E-state index >= 15 is 0 Å². The van der Waals surface area contributed by atoms with E-state index in [1.54, 1.807) is 36.4 Å². The van der Waals surface area contributed by atoms with E-state index in [-0.39, 0.29) is 28.7 Å². The van der Waals surface area contributed by atoms with Crippen molar-refractivity contribution < 1.29 is 13.3 Å². The van der Waals surface area contributed by atoms with Crippen LogP contribution in [0.25, 0.3) is 0 Å². The third-order valence-electron chi connectivity index (χ3n) is 4.16. The second-order valence-corrected chi connectivity index (χ2v) is 9.03. The summed E-state index contributed by atoms with van der Waals surface area (Å²) in [6.45, 7) is 1.22. The van der Waals surface area contributed by atoms with Gasteiger partial charge in [-0.2, -0.15) is 4.31 Å². The van der Waals surface area contributed by atoms with Crippen LogP contribution in [0, 0.1) is 10.1 Å². The fraction of sp³-hybridized carbons (Fsp3) is 0.250. The molecule has 10 heteroatoms. The Morgan fingerprint density at radius 3 is 2.23 bits per heavy atom. The first-order valence-corrected chi connectivity index (χ1v) is 10.3. The fourth-order valence-electron chi connectivity index (χ4n) is 2.84. The van der Waals surface area contributed by atoms with Crippen molar-refractivity contribution in [2.75, 3.05) is 31.1 Å². The molecule has 7 nitrogen and oxygen atoms in total. The van der Waals surface area contributed by atoms with Gasteiger partial charge in [0.15, 0.2) is 0 Å². The van der Waals surface area contributed by atoms with Crippen LogP contribution in [0.3, 0.4) is 0 Å². The summed E-state index contributed by atoms with van der Waals surface area (Å²) in [5.41, 5.74) is 0.363. The van der Waals surface area contributed by atoms with E-state index in [4.69, 9.17) is 11.6 Å². The van der Waals surface area contributed by atoms with Gasteiger partial charge in [0.05, 0.1) is 9.82 Å². The predicted octanol–water partition coefficient (Wildman–Crippen LogP) is 3.52. The van der Waals surface area contributed by atoms with Crippen LogP contribution < -0.4 is 4.90 Å². The van der Waals surface area contributed by atoms with Crippen molar-refractivity contribution in [3.05, 3.63) is 62.1 Å². The molecule has 0 aromatic heterocycles. The lowest BCUT2D eigenvalue weighted by molar-refractivity contribution is -0.384. The van der Waals surface area contributed by atoms with Crippen LogP contribution in [0.4, 0.5) is 11.4 Å². The fourth-order valence-corrected chi connectivity index (χ4v) is 4.69. The van der Waals surface area contributed by atoms with Crippen LogP contribution in [0.15, 0.2) is 51.8 Å². The molecule has 0 atom stereocenters. The van der Waals surface area contributed by atoms with Crippen molar-refractivity contribution in [3.63, 3.8) is 0 Å². The molecule has 2 aromatic rings. The van der Waals surface area contributed by atoms with Gasteiger partial charge in [0.25, 0.3) is 5.69 Å². The molecule has 0 radical (unpaired) electrons. The van der Waals surface area contributed by atoms with Gasteiger partial charge in [0.1, 0.15) is 5.69 Å². The summed E-state index contributed by atoms with van der Waals surface area (Å²) in [5.74, 6) is 0. The maximum Gasteiger partial charge on any atom is 0.294 e. The number of anilines is 1. The average Bonchev–Trinajstić information content (AvgIpc) is 2.62. The van der Waals surface area contributed by atoms with Crippen molar-refractivity contribution in [2.45, 2.75) is 4.90 Å². The average molecular weight is 461 g/mol. The zero-order chi connectivity index (χ0) is 18.9. The molecule has 0 unspecified atom stereocenters. The second kappa shape index (κ2) is 7.51. The van der Waals surface area contributed by atoms with Crippen molar-refractivity contribution in [3.8, 4) is 0 Å². The molecule has 26 heavy (non-hydrogen) atoms. The number of piperazine rings is 1.